The summed E-state index contributed by atoms with van der Waals surface area (Å²) in [4.78, 5) is 15.7. The second-order valence-corrected chi connectivity index (χ2v) is 5.19. The number of aliphatic hydroxyl groups excluding tert-OH is 1. The molecule has 0 aliphatic carbocycles. The van der Waals surface area contributed by atoms with E-state index in [0.717, 1.165) is 31.6 Å². The number of anilines is 2. The van der Waals surface area contributed by atoms with Crippen molar-refractivity contribution in [2.24, 2.45) is 0 Å². The summed E-state index contributed by atoms with van der Waals surface area (Å²) in [6.07, 6.45) is 1.26. The molecular weight excluding hydrogens is 242 g/mol. The summed E-state index contributed by atoms with van der Waals surface area (Å²) in [6, 6.07) is 5.37. The third-order valence-corrected chi connectivity index (χ3v) is 3.49. The van der Waals surface area contributed by atoms with Crippen LogP contribution >= 0.6 is 0 Å². The van der Waals surface area contributed by atoms with Crippen LogP contribution < -0.4 is 10.6 Å². The Balaban J connectivity index is 2.24. The fourth-order valence-electron chi connectivity index (χ4n) is 2.32. The number of aliphatic hydroxyl groups is 1. The maximum absolute atomic E-state index is 12.0. The van der Waals surface area contributed by atoms with Crippen LogP contribution in [-0.4, -0.2) is 49.2 Å². The summed E-state index contributed by atoms with van der Waals surface area (Å²) in [6.45, 7) is 1.54. The van der Waals surface area contributed by atoms with E-state index in [0.29, 0.717) is 11.3 Å². The highest BCUT2D eigenvalue weighted by Gasteiger charge is 2.20. The van der Waals surface area contributed by atoms with Crippen molar-refractivity contribution in [3.63, 3.8) is 0 Å². The normalized spacial score (nSPS) is 16.5. The molecule has 3 N–H and O–H groups in total. The van der Waals surface area contributed by atoms with Gasteiger partial charge in [0.05, 0.1) is 17.5 Å². The molecule has 0 radical (unpaired) electrons. The van der Waals surface area contributed by atoms with Crippen LogP contribution in [0.2, 0.25) is 0 Å². The maximum Gasteiger partial charge on any atom is 0.253 e. The van der Waals surface area contributed by atoms with Crippen molar-refractivity contribution in [3.8, 4) is 0 Å². The third kappa shape index (κ3) is 2.98. The van der Waals surface area contributed by atoms with Crippen LogP contribution in [0.15, 0.2) is 18.2 Å². The first kappa shape index (κ1) is 13.7. The Morgan fingerprint density at radius 3 is 2.58 bits per heavy atom. The highest BCUT2D eigenvalue weighted by atomic mass is 16.3. The molecule has 1 aliphatic rings. The van der Waals surface area contributed by atoms with E-state index in [9.17, 15) is 9.90 Å². The molecule has 104 valence electrons. The monoisotopic (exact) mass is 263 g/mol. The summed E-state index contributed by atoms with van der Waals surface area (Å²) in [5.74, 6) is -0.0294. The first-order chi connectivity index (χ1) is 8.99. The highest BCUT2D eigenvalue weighted by molar-refractivity contribution is 5.96. The largest absolute Gasteiger partial charge is 0.397 e. The molecule has 1 amide bonds. The molecule has 0 aromatic heterocycles. The van der Waals surface area contributed by atoms with Gasteiger partial charge >= 0.3 is 0 Å². The lowest BCUT2D eigenvalue weighted by atomic mass is 10.1. The van der Waals surface area contributed by atoms with Crippen LogP contribution in [0.4, 0.5) is 11.4 Å². The predicted molar refractivity (Wildman–Crippen MR) is 76.3 cm³/mol. The van der Waals surface area contributed by atoms with Gasteiger partial charge < -0.3 is 20.6 Å². The molecule has 1 heterocycles. The number of carbonyl (C=O) groups is 1. The molecule has 1 aromatic rings. The molecule has 1 aromatic carbocycles. The van der Waals surface area contributed by atoms with Crippen molar-refractivity contribution in [2.45, 2.75) is 18.9 Å². The lowest BCUT2D eigenvalue weighted by Crippen LogP contribution is -2.36. The Morgan fingerprint density at radius 2 is 2.00 bits per heavy atom. The van der Waals surface area contributed by atoms with Gasteiger partial charge in [0.1, 0.15) is 0 Å². The van der Waals surface area contributed by atoms with E-state index in [1.165, 1.54) is 0 Å². The van der Waals surface area contributed by atoms with Crippen molar-refractivity contribution in [2.75, 3.05) is 37.8 Å². The summed E-state index contributed by atoms with van der Waals surface area (Å²) < 4.78 is 0. The van der Waals surface area contributed by atoms with Crippen LogP contribution in [0.25, 0.3) is 0 Å². The molecule has 0 unspecified atom stereocenters. The number of benzene rings is 1. The number of piperidine rings is 1. The lowest BCUT2D eigenvalue weighted by Gasteiger charge is -2.32. The van der Waals surface area contributed by atoms with E-state index >= 15 is 0 Å². The van der Waals surface area contributed by atoms with Gasteiger partial charge in [-0.1, -0.05) is 0 Å². The number of carbonyl (C=O) groups excluding carboxylic acids is 1. The Kier molecular flexibility index (Phi) is 3.95. The van der Waals surface area contributed by atoms with Crippen LogP contribution in [0.3, 0.4) is 0 Å². The van der Waals surface area contributed by atoms with Gasteiger partial charge in [0, 0.05) is 32.7 Å². The van der Waals surface area contributed by atoms with Gasteiger partial charge in [0.15, 0.2) is 0 Å². The van der Waals surface area contributed by atoms with E-state index in [-0.39, 0.29) is 12.0 Å². The van der Waals surface area contributed by atoms with Gasteiger partial charge in [0.25, 0.3) is 5.91 Å². The fraction of sp³-hybridized carbons (Fsp3) is 0.500. The molecule has 2 rings (SSSR count). The second kappa shape index (κ2) is 5.48. The number of hydrogen-bond acceptors (Lipinski definition) is 4. The minimum Gasteiger partial charge on any atom is -0.397 e. The highest BCUT2D eigenvalue weighted by Crippen LogP contribution is 2.27. The smallest absolute Gasteiger partial charge is 0.253 e. The molecule has 1 saturated heterocycles. The van der Waals surface area contributed by atoms with Crippen molar-refractivity contribution >= 4 is 17.3 Å². The average Bonchev–Trinajstić information content (AvgIpc) is 2.39. The van der Waals surface area contributed by atoms with Crippen LogP contribution in [-0.2, 0) is 0 Å². The summed E-state index contributed by atoms with van der Waals surface area (Å²) in [5.41, 5.74) is 8.20. The first-order valence-corrected chi connectivity index (χ1v) is 6.53. The Bertz CT molecular complexity index is 466. The zero-order chi connectivity index (χ0) is 14.0. The van der Waals surface area contributed by atoms with Gasteiger partial charge in [-0.3, -0.25) is 4.79 Å². The van der Waals surface area contributed by atoms with E-state index < -0.39 is 0 Å². The molecule has 5 nitrogen and oxygen atoms in total. The number of nitrogen functional groups attached to an aromatic ring is 1. The molecule has 0 spiro atoms. The van der Waals surface area contributed by atoms with Gasteiger partial charge in [0.2, 0.25) is 0 Å². The number of nitrogens with two attached hydrogens (primary N) is 1. The number of amides is 1. The molecule has 0 bridgehead atoms. The van der Waals surface area contributed by atoms with E-state index in [2.05, 4.69) is 4.90 Å². The van der Waals surface area contributed by atoms with E-state index in [4.69, 9.17) is 5.73 Å². The van der Waals surface area contributed by atoms with E-state index in [1.807, 2.05) is 6.07 Å². The standard InChI is InChI=1S/C14H21N3O2/c1-16(2)14(19)10-3-4-12(15)13(9-10)17-7-5-11(18)6-8-17/h3-4,9,11,18H,5-8,15H2,1-2H3. The Labute approximate surface area is 113 Å². The number of hydrogen-bond donors (Lipinski definition) is 2. The molecule has 5 heteroatoms. The van der Waals surface area contributed by atoms with Crippen molar-refractivity contribution in [3.05, 3.63) is 23.8 Å². The summed E-state index contributed by atoms with van der Waals surface area (Å²) >= 11 is 0. The summed E-state index contributed by atoms with van der Waals surface area (Å²) in [5, 5.41) is 9.54. The third-order valence-electron chi connectivity index (χ3n) is 3.49. The number of rotatable bonds is 2. The maximum atomic E-state index is 12.0. The number of nitrogens with zero attached hydrogens (tertiary/aromatic N) is 2. The van der Waals surface area contributed by atoms with Gasteiger partial charge in [-0.15, -0.1) is 0 Å². The van der Waals surface area contributed by atoms with Gasteiger partial charge in [-0.05, 0) is 31.0 Å². The zero-order valence-electron chi connectivity index (χ0n) is 11.5. The average molecular weight is 263 g/mol. The van der Waals surface area contributed by atoms with Crippen molar-refractivity contribution in [1.82, 2.24) is 4.90 Å². The topological polar surface area (TPSA) is 69.8 Å². The lowest BCUT2D eigenvalue weighted by molar-refractivity contribution is 0.0827. The van der Waals surface area contributed by atoms with Crippen molar-refractivity contribution < 1.29 is 9.90 Å². The molecule has 0 saturated carbocycles. The SMILES string of the molecule is CN(C)C(=O)c1ccc(N)c(N2CCC(O)CC2)c1. The fourth-order valence-corrected chi connectivity index (χ4v) is 2.32. The Morgan fingerprint density at radius 1 is 1.37 bits per heavy atom. The van der Waals surface area contributed by atoms with Crippen LogP contribution in [0, 0.1) is 0 Å². The molecular formula is C14H21N3O2. The zero-order valence-corrected chi connectivity index (χ0v) is 11.5. The second-order valence-electron chi connectivity index (χ2n) is 5.19. The minimum atomic E-state index is -0.218. The molecule has 1 fully saturated rings. The van der Waals surface area contributed by atoms with Gasteiger partial charge in [-0.25, -0.2) is 0 Å². The van der Waals surface area contributed by atoms with Gasteiger partial charge in [-0.2, -0.15) is 0 Å². The molecule has 1 aliphatic heterocycles. The Hall–Kier alpha value is -1.75. The minimum absolute atomic E-state index is 0.0294. The molecule has 19 heavy (non-hydrogen) atoms. The molecule has 0 atom stereocenters. The summed E-state index contributed by atoms with van der Waals surface area (Å²) in [7, 11) is 3.46. The van der Waals surface area contributed by atoms with Crippen LogP contribution in [0.5, 0.6) is 0 Å². The van der Waals surface area contributed by atoms with Crippen molar-refractivity contribution in [1.29, 1.82) is 0 Å². The van der Waals surface area contributed by atoms with Crippen LogP contribution in [0.1, 0.15) is 23.2 Å². The first-order valence-electron chi connectivity index (χ1n) is 6.53. The van der Waals surface area contributed by atoms with E-state index in [1.54, 1.807) is 31.1 Å². The quantitative estimate of drug-likeness (QED) is 0.779. The predicted octanol–water partition coefficient (Wildman–Crippen LogP) is 0.932.